The monoisotopic (exact) mass is 900 g/mol. The van der Waals surface area contributed by atoms with E-state index in [-0.39, 0.29) is 5.41 Å². The number of aryl methyl sites for hydroxylation is 1. The van der Waals surface area contributed by atoms with E-state index in [0.717, 1.165) is 22.7 Å². The number of hydrogen-bond donors (Lipinski definition) is 0. The molecule has 0 N–H and O–H groups in total. The van der Waals surface area contributed by atoms with E-state index in [2.05, 4.69) is 249 Å². The van der Waals surface area contributed by atoms with Crippen LogP contribution in [-0.4, -0.2) is 4.57 Å². The molecule has 2 nitrogen and oxygen atoms in total. The van der Waals surface area contributed by atoms with E-state index in [1.807, 2.05) is 0 Å². The van der Waals surface area contributed by atoms with Crippen molar-refractivity contribution in [3.8, 4) is 50.2 Å². The molecule has 0 aliphatic heterocycles. The summed E-state index contributed by atoms with van der Waals surface area (Å²) in [6.45, 7) is 6.99. The highest BCUT2D eigenvalue weighted by Gasteiger charge is 2.37. The van der Waals surface area contributed by atoms with Crippen LogP contribution < -0.4 is 4.90 Å². The number of fused-ring (bicyclic) bond motifs is 7. The van der Waals surface area contributed by atoms with Crippen LogP contribution in [0, 0.1) is 6.92 Å². The maximum absolute atomic E-state index is 2.57. The summed E-state index contributed by atoms with van der Waals surface area (Å²) in [7, 11) is 0. The highest BCUT2D eigenvalue weighted by atomic mass is 15.1. The number of aromatic nitrogens is 1. The number of hydrogen-bond acceptors (Lipinski definition) is 1. The third kappa shape index (κ3) is 6.76. The minimum atomic E-state index is -0.156. The Hall–Kier alpha value is -7.94. The Morgan fingerprint density at radius 3 is 1.89 bits per heavy atom. The lowest BCUT2D eigenvalue weighted by molar-refractivity contribution is 0.445. The summed E-state index contributed by atoms with van der Waals surface area (Å²) >= 11 is 0. The van der Waals surface area contributed by atoms with Crippen molar-refractivity contribution >= 4 is 49.6 Å². The third-order valence-electron chi connectivity index (χ3n) is 15.8. The molecule has 1 heterocycles. The highest BCUT2D eigenvalue weighted by Crippen LogP contribution is 2.54. The summed E-state index contributed by atoms with van der Waals surface area (Å²) in [5.41, 5.74) is 22.3. The molecular weight excluding hydrogens is 845 g/mol. The Labute approximate surface area is 412 Å². The molecule has 1 saturated carbocycles. The zero-order valence-corrected chi connectivity index (χ0v) is 40.3. The molecule has 1 aromatic heterocycles. The molecule has 13 rings (SSSR count). The maximum atomic E-state index is 2.57. The average molecular weight is 901 g/mol. The fraction of sp³-hybridized carbons (Fsp3) is 0.147. The summed E-state index contributed by atoms with van der Waals surface area (Å²) in [5.74, 6) is 0.558. The Kier molecular flexibility index (Phi) is 10.2. The number of benzene rings is 10. The number of anilines is 3. The zero-order chi connectivity index (χ0) is 46.9. The van der Waals surface area contributed by atoms with Crippen LogP contribution in [-0.2, 0) is 5.41 Å². The molecule has 2 heteroatoms. The molecular formula is C68H56N2. The average Bonchev–Trinajstić information content (AvgIpc) is 3.87. The predicted molar refractivity (Wildman–Crippen MR) is 297 cm³/mol. The van der Waals surface area contributed by atoms with Crippen molar-refractivity contribution in [3.05, 3.63) is 241 Å². The van der Waals surface area contributed by atoms with E-state index in [4.69, 9.17) is 0 Å². The van der Waals surface area contributed by atoms with Gasteiger partial charge >= 0.3 is 0 Å². The smallest absolute Gasteiger partial charge is 0.0620 e. The van der Waals surface area contributed by atoms with E-state index < -0.39 is 0 Å². The van der Waals surface area contributed by atoms with Crippen LogP contribution in [0.4, 0.5) is 17.1 Å². The first kappa shape index (κ1) is 42.2. The molecule has 0 unspecified atom stereocenters. The molecule has 11 aromatic rings. The summed E-state index contributed by atoms with van der Waals surface area (Å²) in [6, 6.07) is 82.2. The molecule has 0 radical (unpaired) electrons. The molecule has 10 aromatic carbocycles. The molecule has 0 atom stereocenters. The third-order valence-corrected chi connectivity index (χ3v) is 15.8. The molecule has 70 heavy (non-hydrogen) atoms. The number of para-hydroxylation sites is 4. The predicted octanol–water partition coefficient (Wildman–Crippen LogP) is 19.1. The van der Waals surface area contributed by atoms with E-state index in [9.17, 15) is 0 Å². The Morgan fingerprint density at radius 1 is 0.471 bits per heavy atom. The van der Waals surface area contributed by atoms with Gasteiger partial charge in [-0.15, -0.1) is 0 Å². The van der Waals surface area contributed by atoms with Crippen molar-refractivity contribution in [2.24, 2.45) is 0 Å². The van der Waals surface area contributed by atoms with Gasteiger partial charge in [-0.2, -0.15) is 0 Å². The standard InChI is InChI=1S/C68H56N2/c1-45-41-42-56-60-37-20-36-59(67(60)70(64(56)43-45)49-26-8-5-9-27-49)55-31-12-15-40-63(55)69(50-28-16-25-48(44-50)52-33-19-35-58-53-29-10-13-38-61(53)68(2,3)66(52)58)62-39-14-11-30-54(62)57-34-18-24-47-23-17-32-51(65(47)57)46-21-6-4-7-22-46/h5,8-20,23-44,46H,4,6-7,21-22H2,1-3H3. The van der Waals surface area contributed by atoms with Gasteiger partial charge in [-0.25, -0.2) is 0 Å². The largest absolute Gasteiger partial charge is 0.309 e. The minimum Gasteiger partial charge on any atom is -0.309 e. The van der Waals surface area contributed by atoms with Gasteiger partial charge in [-0.05, 0) is 129 Å². The van der Waals surface area contributed by atoms with E-state index in [1.165, 1.54) is 131 Å². The van der Waals surface area contributed by atoms with Gasteiger partial charge < -0.3 is 9.47 Å². The topological polar surface area (TPSA) is 8.17 Å². The number of nitrogens with zero attached hydrogens (tertiary/aromatic N) is 2. The second-order valence-corrected chi connectivity index (χ2v) is 20.3. The lowest BCUT2D eigenvalue weighted by Gasteiger charge is -2.31. The highest BCUT2D eigenvalue weighted by molar-refractivity contribution is 6.15. The summed E-state index contributed by atoms with van der Waals surface area (Å²) in [4.78, 5) is 2.57. The Bertz CT molecular complexity index is 3800. The first-order chi connectivity index (χ1) is 34.4. The van der Waals surface area contributed by atoms with Crippen molar-refractivity contribution < 1.29 is 0 Å². The van der Waals surface area contributed by atoms with Crippen LogP contribution in [0.25, 0.3) is 82.8 Å². The van der Waals surface area contributed by atoms with Gasteiger partial charge in [0.15, 0.2) is 0 Å². The van der Waals surface area contributed by atoms with Crippen molar-refractivity contribution in [1.29, 1.82) is 0 Å². The first-order valence-electron chi connectivity index (χ1n) is 25.4. The Morgan fingerprint density at radius 2 is 1.09 bits per heavy atom. The summed E-state index contributed by atoms with van der Waals surface area (Å²) < 4.78 is 2.49. The molecule has 338 valence electrons. The SMILES string of the molecule is Cc1ccc2c3cccc(-c4ccccc4N(c4cccc(-c5cccc6c5C(C)(C)c5ccccc5-6)c4)c4ccccc4-c4cccc5cccc(C6CCCCC6)c45)c3n(-c3ccccc3)c2c1. The van der Waals surface area contributed by atoms with Crippen LogP contribution in [0.5, 0.6) is 0 Å². The lowest BCUT2D eigenvalue weighted by atomic mass is 9.79. The van der Waals surface area contributed by atoms with Crippen LogP contribution in [0.2, 0.25) is 0 Å². The van der Waals surface area contributed by atoms with Gasteiger partial charge in [-0.3, -0.25) is 0 Å². The van der Waals surface area contributed by atoms with Crippen molar-refractivity contribution in [2.45, 2.75) is 64.2 Å². The lowest BCUT2D eigenvalue weighted by Crippen LogP contribution is -2.16. The first-order valence-corrected chi connectivity index (χ1v) is 25.4. The molecule has 2 aliphatic carbocycles. The second kappa shape index (κ2) is 16.9. The quantitative estimate of drug-likeness (QED) is 0.148. The summed E-state index contributed by atoms with van der Waals surface area (Å²) in [5, 5.41) is 5.19. The van der Waals surface area contributed by atoms with E-state index in [1.54, 1.807) is 0 Å². The van der Waals surface area contributed by atoms with Crippen molar-refractivity contribution in [1.82, 2.24) is 4.57 Å². The van der Waals surface area contributed by atoms with Crippen molar-refractivity contribution in [3.63, 3.8) is 0 Å². The van der Waals surface area contributed by atoms with Gasteiger partial charge in [-0.1, -0.05) is 209 Å². The van der Waals surface area contributed by atoms with Gasteiger partial charge in [0.25, 0.3) is 0 Å². The van der Waals surface area contributed by atoms with Crippen LogP contribution in [0.3, 0.4) is 0 Å². The molecule has 0 bridgehead atoms. The molecule has 0 spiro atoms. The minimum absolute atomic E-state index is 0.156. The molecule has 1 fully saturated rings. The molecule has 0 saturated heterocycles. The van der Waals surface area contributed by atoms with Gasteiger partial charge in [0.05, 0.1) is 22.4 Å². The fourth-order valence-corrected chi connectivity index (χ4v) is 12.7. The van der Waals surface area contributed by atoms with Gasteiger partial charge in [0, 0.05) is 44.3 Å². The summed E-state index contributed by atoms with van der Waals surface area (Å²) in [6.07, 6.45) is 6.42. The normalized spacial score (nSPS) is 14.3. The van der Waals surface area contributed by atoms with Gasteiger partial charge in [0.1, 0.15) is 0 Å². The molecule has 0 amide bonds. The Balaban J connectivity index is 1.08. The maximum Gasteiger partial charge on any atom is 0.0620 e. The number of rotatable bonds is 8. The van der Waals surface area contributed by atoms with E-state index in [0.29, 0.717) is 5.92 Å². The van der Waals surface area contributed by atoms with Crippen molar-refractivity contribution in [2.75, 3.05) is 4.90 Å². The van der Waals surface area contributed by atoms with Crippen LogP contribution >= 0.6 is 0 Å². The van der Waals surface area contributed by atoms with Crippen LogP contribution in [0.1, 0.15) is 74.1 Å². The second-order valence-electron chi connectivity index (χ2n) is 20.3. The zero-order valence-electron chi connectivity index (χ0n) is 40.3. The van der Waals surface area contributed by atoms with E-state index >= 15 is 0 Å². The molecule has 2 aliphatic rings. The fourth-order valence-electron chi connectivity index (χ4n) is 12.7. The van der Waals surface area contributed by atoms with Gasteiger partial charge in [0.2, 0.25) is 0 Å². The van der Waals surface area contributed by atoms with Crippen LogP contribution in [0.15, 0.2) is 218 Å².